The van der Waals surface area contributed by atoms with Crippen molar-refractivity contribution in [1.29, 1.82) is 0 Å². The van der Waals surface area contributed by atoms with E-state index >= 15 is 0 Å². The standard InChI is InChI=1S/C14H15ClN2O2S/c1-10-9-17(6-7-20(10,18)19)13-8-11-4-2-3-5-12(11)14(15)16-13/h2-5,8,10H,6-7,9H2,1H3. The van der Waals surface area contributed by atoms with Crippen molar-refractivity contribution in [2.24, 2.45) is 0 Å². The summed E-state index contributed by atoms with van der Waals surface area (Å²) >= 11 is 6.22. The molecular formula is C14H15ClN2O2S. The molecule has 1 aromatic heterocycles. The Morgan fingerprint density at radius 3 is 2.85 bits per heavy atom. The van der Waals surface area contributed by atoms with Crippen LogP contribution in [0.4, 0.5) is 5.82 Å². The summed E-state index contributed by atoms with van der Waals surface area (Å²) in [5, 5.41) is 2.02. The van der Waals surface area contributed by atoms with Crippen molar-refractivity contribution in [2.45, 2.75) is 12.2 Å². The number of fused-ring (bicyclic) bond motifs is 1. The van der Waals surface area contributed by atoms with Gasteiger partial charge in [0.05, 0.1) is 11.0 Å². The number of pyridine rings is 1. The van der Waals surface area contributed by atoms with Gasteiger partial charge in [-0.25, -0.2) is 13.4 Å². The predicted molar refractivity (Wildman–Crippen MR) is 82.2 cm³/mol. The highest BCUT2D eigenvalue weighted by molar-refractivity contribution is 7.92. The molecule has 0 saturated carbocycles. The van der Waals surface area contributed by atoms with Crippen molar-refractivity contribution in [1.82, 2.24) is 4.98 Å². The minimum Gasteiger partial charge on any atom is -0.354 e. The third-order valence-electron chi connectivity index (χ3n) is 3.74. The Labute approximate surface area is 123 Å². The number of hydrogen-bond acceptors (Lipinski definition) is 4. The summed E-state index contributed by atoms with van der Waals surface area (Å²) in [7, 11) is -2.96. The molecular weight excluding hydrogens is 296 g/mol. The molecule has 1 fully saturated rings. The number of benzene rings is 1. The third kappa shape index (κ3) is 2.36. The van der Waals surface area contributed by atoms with Gasteiger partial charge in [-0.3, -0.25) is 0 Å². The Morgan fingerprint density at radius 1 is 1.35 bits per heavy atom. The van der Waals surface area contributed by atoms with Crippen LogP contribution in [0, 0.1) is 0 Å². The Bertz CT molecular complexity index is 761. The van der Waals surface area contributed by atoms with Gasteiger partial charge < -0.3 is 4.90 Å². The number of aromatic nitrogens is 1. The van der Waals surface area contributed by atoms with Crippen molar-refractivity contribution >= 4 is 38.0 Å². The fourth-order valence-corrected chi connectivity index (χ4v) is 4.01. The number of hydrogen-bond donors (Lipinski definition) is 0. The minimum atomic E-state index is -2.96. The molecule has 1 unspecified atom stereocenters. The Kier molecular flexibility index (Phi) is 3.34. The van der Waals surface area contributed by atoms with Crippen LogP contribution in [0.2, 0.25) is 5.15 Å². The van der Waals surface area contributed by atoms with E-state index in [2.05, 4.69) is 4.98 Å². The minimum absolute atomic E-state index is 0.167. The molecule has 4 nitrogen and oxygen atoms in total. The summed E-state index contributed by atoms with van der Waals surface area (Å²) in [4.78, 5) is 6.39. The van der Waals surface area contributed by atoms with Crippen molar-refractivity contribution in [3.05, 3.63) is 35.5 Å². The molecule has 0 radical (unpaired) electrons. The smallest absolute Gasteiger partial charge is 0.156 e. The van der Waals surface area contributed by atoms with E-state index in [1.165, 1.54) is 0 Å². The van der Waals surface area contributed by atoms with Crippen molar-refractivity contribution in [2.75, 3.05) is 23.7 Å². The average Bonchev–Trinajstić information content (AvgIpc) is 2.42. The van der Waals surface area contributed by atoms with Gasteiger partial charge in [-0.15, -0.1) is 0 Å². The molecule has 2 aromatic rings. The second kappa shape index (κ2) is 4.90. The summed E-state index contributed by atoms with van der Waals surface area (Å²) in [5.41, 5.74) is 0. The van der Waals surface area contributed by atoms with Crippen molar-refractivity contribution in [3.8, 4) is 0 Å². The highest BCUT2D eigenvalue weighted by Gasteiger charge is 2.30. The van der Waals surface area contributed by atoms with E-state index in [9.17, 15) is 8.42 Å². The lowest BCUT2D eigenvalue weighted by atomic mass is 10.2. The maximum absolute atomic E-state index is 11.8. The number of sulfone groups is 1. The van der Waals surface area contributed by atoms with Crippen LogP contribution in [0.3, 0.4) is 0 Å². The molecule has 0 aliphatic carbocycles. The lowest BCUT2D eigenvalue weighted by Gasteiger charge is -2.32. The van der Waals surface area contributed by atoms with Gasteiger partial charge in [0, 0.05) is 18.5 Å². The summed E-state index contributed by atoms with van der Waals surface area (Å²) in [6, 6.07) is 9.75. The molecule has 1 saturated heterocycles. The zero-order chi connectivity index (χ0) is 14.3. The molecule has 0 bridgehead atoms. The lowest BCUT2D eigenvalue weighted by Crippen LogP contribution is -2.45. The molecule has 0 N–H and O–H groups in total. The summed E-state index contributed by atoms with van der Waals surface area (Å²) in [5.74, 6) is 0.913. The van der Waals surface area contributed by atoms with Crippen LogP contribution < -0.4 is 4.90 Å². The molecule has 1 aromatic carbocycles. The molecule has 1 atom stereocenters. The largest absolute Gasteiger partial charge is 0.354 e. The topological polar surface area (TPSA) is 50.3 Å². The number of rotatable bonds is 1. The van der Waals surface area contributed by atoms with Crippen LogP contribution >= 0.6 is 11.6 Å². The quantitative estimate of drug-likeness (QED) is 0.759. The molecule has 106 valence electrons. The van der Waals surface area contributed by atoms with Gasteiger partial charge in [-0.05, 0) is 18.4 Å². The van der Waals surface area contributed by atoms with E-state index in [4.69, 9.17) is 11.6 Å². The van der Waals surface area contributed by atoms with Gasteiger partial charge in [0.25, 0.3) is 0 Å². The van der Waals surface area contributed by atoms with Gasteiger partial charge in [0.15, 0.2) is 9.84 Å². The molecule has 0 spiro atoms. The molecule has 0 amide bonds. The maximum atomic E-state index is 11.8. The normalized spacial score (nSPS) is 22.1. The second-order valence-corrected chi connectivity index (χ2v) is 8.01. The van der Waals surface area contributed by atoms with Gasteiger partial charge in [-0.2, -0.15) is 0 Å². The zero-order valence-corrected chi connectivity index (χ0v) is 12.7. The van der Waals surface area contributed by atoms with E-state index in [1.807, 2.05) is 35.2 Å². The van der Waals surface area contributed by atoms with Crippen molar-refractivity contribution in [3.63, 3.8) is 0 Å². The van der Waals surface area contributed by atoms with Crippen LogP contribution in [0.1, 0.15) is 6.92 Å². The van der Waals surface area contributed by atoms with E-state index in [-0.39, 0.29) is 11.0 Å². The van der Waals surface area contributed by atoms with E-state index < -0.39 is 9.84 Å². The molecule has 1 aliphatic rings. The lowest BCUT2D eigenvalue weighted by molar-refractivity contribution is 0.568. The van der Waals surface area contributed by atoms with E-state index in [1.54, 1.807) is 6.92 Å². The SMILES string of the molecule is CC1CN(c2cc3ccccc3c(Cl)n2)CCS1(=O)=O. The highest BCUT2D eigenvalue weighted by atomic mass is 35.5. The number of nitrogens with zero attached hydrogens (tertiary/aromatic N) is 2. The van der Waals surface area contributed by atoms with E-state index in [0.717, 1.165) is 16.6 Å². The first kappa shape index (κ1) is 13.6. The van der Waals surface area contributed by atoms with Gasteiger partial charge in [-0.1, -0.05) is 35.9 Å². The van der Waals surface area contributed by atoms with Crippen LogP contribution in [0.15, 0.2) is 30.3 Å². The molecule has 3 rings (SSSR count). The average molecular weight is 311 g/mol. The summed E-state index contributed by atoms with van der Waals surface area (Å²) in [6.07, 6.45) is 0. The first-order valence-corrected chi connectivity index (χ1v) is 8.58. The Hall–Kier alpha value is -1.33. The second-order valence-electron chi connectivity index (χ2n) is 5.12. The van der Waals surface area contributed by atoms with Gasteiger partial charge in [0.2, 0.25) is 0 Å². The van der Waals surface area contributed by atoms with Crippen molar-refractivity contribution < 1.29 is 8.42 Å². The van der Waals surface area contributed by atoms with Crippen LogP contribution in [-0.4, -0.2) is 37.5 Å². The Morgan fingerprint density at radius 2 is 2.10 bits per heavy atom. The number of halogens is 1. The predicted octanol–water partition coefficient (Wildman–Crippen LogP) is 2.51. The first-order valence-electron chi connectivity index (χ1n) is 6.49. The van der Waals surface area contributed by atoms with Gasteiger partial charge >= 0.3 is 0 Å². The highest BCUT2D eigenvalue weighted by Crippen LogP contribution is 2.27. The summed E-state index contributed by atoms with van der Waals surface area (Å²) < 4.78 is 23.5. The number of anilines is 1. The fraction of sp³-hybridized carbons (Fsp3) is 0.357. The van der Waals surface area contributed by atoms with Crippen LogP contribution in [0.5, 0.6) is 0 Å². The zero-order valence-electron chi connectivity index (χ0n) is 11.1. The monoisotopic (exact) mass is 310 g/mol. The van der Waals surface area contributed by atoms with Gasteiger partial charge in [0.1, 0.15) is 11.0 Å². The molecule has 1 aliphatic heterocycles. The maximum Gasteiger partial charge on any atom is 0.156 e. The van der Waals surface area contributed by atoms with Crippen LogP contribution in [0.25, 0.3) is 10.8 Å². The van der Waals surface area contributed by atoms with Crippen LogP contribution in [-0.2, 0) is 9.84 Å². The van der Waals surface area contributed by atoms with E-state index in [0.29, 0.717) is 18.2 Å². The Balaban J connectivity index is 1.99. The third-order valence-corrected chi connectivity index (χ3v) is 6.16. The fourth-order valence-electron chi connectivity index (χ4n) is 2.47. The summed E-state index contributed by atoms with van der Waals surface area (Å²) in [6.45, 7) is 2.67. The molecule has 2 heterocycles. The first-order chi connectivity index (χ1) is 9.47. The molecule has 20 heavy (non-hydrogen) atoms. The molecule has 6 heteroatoms.